The SMILES string of the molecule is CC(C)(C)OC(=O)N1[C@@H]2C[C@@]3(C)O[C@@](C)([C@@H]2OCc2ccccc2)[C@@H]1[C@@H]3O. The van der Waals surface area contributed by atoms with Crippen molar-refractivity contribution >= 4 is 6.09 Å². The van der Waals surface area contributed by atoms with E-state index < -0.39 is 35.0 Å². The van der Waals surface area contributed by atoms with Gasteiger partial charge in [0, 0.05) is 6.42 Å². The van der Waals surface area contributed by atoms with Crippen LogP contribution in [-0.4, -0.2) is 57.2 Å². The van der Waals surface area contributed by atoms with Crippen LogP contribution < -0.4 is 0 Å². The normalized spacial score (nSPS) is 39.9. The number of amides is 1. The fourth-order valence-electron chi connectivity index (χ4n) is 5.04. The number of ether oxygens (including phenoxy) is 3. The van der Waals surface area contributed by atoms with Crippen molar-refractivity contribution in [1.29, 1.82) is 0 Å². The second-order valence-electron chi connectivity index (χ2n) is 9.36. The molecule has 4 saturated heterocycles. The molecule has 27 heavy (non-hydrogen) atoms. The molecule has 1 aromatic carbocycles. The van der Waals surface area contributed by atoms with E-state index in [1.54, 1.807) is 4.90 Å². The first kappa shape index (κ1) is 18.7. The number of benzene rings is 1. The number of hydrogen-bond acceptors (Lipinski definition) is 5. The molecule has 1 N–H and O–H groups in total. The van der Waals surface area contributed by atoms with Gasteiger partial charge in [0.15, 0.2) is 0 Å². The minimum Gasteiger partial charge on any atom is -0.444 e. The van der Waals surface area contributed by atoms with E-state index in [1.165, 1.54) is 0 Å². The molecule has 0 aromatic heterocycles. The number of aliphatic hydroxyl groups is 1. The Hall–Kier alpha value is -1.63. The Balaban J connectivity index is 1.61. The Morgan fingerprint density at radius 2 is 1.96 bits per heavy atom. The summed E-state index contributed by atoms with van der Waals surface area (Å²) in [6, 6.07) is 9.28. The van der Waals surface area contributed by atoms with E-state index in [4.69, 9.17) is 14.2 Å². The van der Waals surface area contributed by atoms with Crippen LogP contribution in [0.1, 0.15) is 46.6 Å². The summed E-state index contributed by atoms with van der Waals surface area (Å²) < 4.78 is 18.2. The smallest absolute Gasteiger partial charge is 0.411 e. The van der Waals surface area contributed by atoms with E-state index >= 15 is 0 Å². The maximum Gasteiger partial charge on any atom is 0.411 e. The predicted molar refractivity (Wildman–Crippen MR) is 99.2 cm³/mol. The van der Waals surface area contributed by atoms with Gasteiger partial charge < -0.3 is 19.3 Å². The monoisotopic (exact) mass is 375 g/mol. The molecular weight excluding hydrogens is 346 g/mol. The van der Waals surface area contributed by atoms with Crippen LogP contribution in [0.15, 0.2) is 30.3 Å². The maximum atomic E-state index is 12.9. The number of carbonyl (C=O) groups excluding carboxylic acids is 1. The van der Waals surface area contributed by atoms with Crippen LogP contribution in [0.4, 0.5) is 4.79 Å². The highest BCUT2D eigenvalue weighted by atomic mass is 16.6. The summed E-state index contributed by atoms with van der Waals surface area (Å²) in [5.41, 5.74) is -0.958. The lowest BCUT2D eigenvalue weighted by Gasteiger charge is -2.46. The highest BCUT2D eigenvalue weighted by Gasteiger charge is 2.76. The summed E-state index contributed by atoms with van der Waals surface area (Å²) in [6.07, 6.45) is -0.975. The molecule has 6 nitrogen and oxygen atoms in total. The average molecular weight is 375 g/mol. The van der Waals surface area contributed by atoms with Gasteiger partial charge in [-0.3, -0.25) is 4.90 Å². The molecule has 4 fully saturated rings. The van der Waals surface area contributed by atoms with Crippen molar-refractivity contribution in [2.45, 2.75) is 88.7 Å². The van der Waals surface area contributed by atoms with Crippen molar-refractivity contribution in [2.24, 2.45) is 0 Å². The van der Waals surface area contributed by atoms with Crippen LogP contribution >= 0.6 is 0 Å². The van der Waals surface area contributed by atoms with Crippen molar-refractivity contribution in [3.63, 3.8) is 0 Å². The second kappa shape index (κ2) is 5.93. The first-order valence-corrected chi connectivity index (χ1v) is 9.60. The van der Waals surface area contributed by atoms with Crippen molar-refractivity contribution < 1.29 is 24.1 Å². The van der Waals surface area contributed by atoms with Gasteiger partial charge in [0.05, 0.1) is 24.3 Å². The van der Waals surface area contributed by atoms with Crippen LogP contribution in [0, 0.1) is 0 Å². The van der Waals surface area contributed by atoms with E-state index in [0.29, 0.717) is 13.0 Å². The first-order valence-electron chi connectivity index (χ1n) is 9.60. The van der Waals surface area contributed by atoms with Gasteiger partial charge in [-0.1, -0.05) is 30.3 Å². The Morgan fingerprint density at radius 1 is 1.30 bits per heavy atom. The number of aliphatic hydroxyl groups excluding tert-OH is 1. The largest absolute Gasteiger partial charge is 0.444 e. The fourth-order valence-corrected chi connectivity index (χ4v) is 5.04. The number of piperidine rings is 1. The molecule has 6 heteroatoms. The summed E-state index contributed by atoms with van der Waals surface area (Å²) in [5.74, 6) is 0. The zero-order valence-corrected chi connectivity index (χ0v) is 16.6. The molecule has 0 unspecified atom stereocenters. The summed E-state index contributed by atoms with van der Waals surface area (Å²) >= 11 is 0. The molecule has 5 rings (SSSR count). The van der Waals surface area contributed by atoms with Gasteiger partial charge in [0.25, 0.3) is 0 Å². The average Bonchev–Trinajstić information content (AvgIpc) is 2.81. The number of hydrogen-bond donors (Lipinski definition) is 1. The molecule has 4 bridgehead atoms. The molecule has 0 aliphatic carbocycles. The minimum atomic E-state index is -0.767. The molecular formula is C21H29NO5. The maximum absolute atomic E-state index is 12.9. The number of rotatable bonds is 3. The predicted octanol–water partition coefficient (Wildman–Crippen LogP) is 2.87. The highest BCUT2D eigenvalue weighted by Crippen LogP contribution is 2.58. The lowest BCUT2D eigenvalue weighted by molar-refractivity contribution is -0.206. The van der Waals surface area contributed by atoms with E-state index in [-0.39, 0.29) is 12.1 Å². The van der Waals surface area contributed by atoms with Gasteiger partial charge in [-0.05, 0) is 40.2 Å². The molecule has 6 atom stereocenters. The first-order chi connectivity index (χ1) is 12.6. The van der Waals surface area contributed by atoms with Gasteiger partial charge in [-0.15, -0.1) is 0 Å². The molecule has 4 aliphatic heterocycles. The van der Waals surface area contributed by atoms with E-state index in [2.05, 4.69) is 0 Å². The zero-order valence-electron chi connectivity index (χ0n) is 16.6. The topological polar surface area (TPSA) is 68.2 Å². The van der Waals surface area contributed by atoms with Crippen LogP contribution in [0.2, 0.25) is 0 Å². The molecule has 148 valence electrons. The van der Waals surface area contributed by atoms with E-state index in [1.807, 2.05) is 65.0 Å². The van der Waals surface area contributed by atoms with Crippen LogP contribution in [0.3, 0.4) is 0 Å². The summed E-state index contributed by atoms with van der Waals surface area (Å²) in [6.45, 7) is 9.83. The molecule has 1 aromatic rings. The fraction of sp³-hybridized carbons (Fsp3) is 0.667. The van der Waals surface area contributed by atoms with E-state index in [0.717, 1.165) is 5.56 Å². The van der Waals surface area contributed by atoms with Gasteiger partial charge in [-0.2, -0.15) is 0 Å². The highest BCUT2D eigenvalue weighted by molar-refractivity contribution is 5.71. The van der Waals surface area contributed by atoms with Crippen LogP contribution in [-0.2, 0) is 20.8 Å². The Labute approximate surface area is 160 Å². The number of nitrogens with zero attached hydrogens (tertiary/aromatic N) is 1. The molecule has 0 spiro atoms. The summed E-state index contributed by atoms with van der Waals surface area (Å²) in [5, 5.41) is 10.9. The van der Waals surface area contributed by atoms with Gasteiger partial charge in [0.2, 0.25) is 0 Å². The molecule has 4 aliphatic rings. The third-order valence-electron chi connectivity index (χ3n) is 6.03. The van der Waals surface area contributed by atoms with Gasteiger partial charge in [0.1, 0.15) is 23.4 Å². The molecule has 0 radical (unpaired) electrons. The van der Waals surface area contributed by atoms with Crippen molar-refractivity contribution in [1.82, 2.24) is 4.90 Å². The quantitative estimate of drug-likeness (QED) is 0.880. The van der Waals surface area contributed by atoms with Crippen LogP contribution in [0.25, 0.3) is 0 Å². The van der Waals surface area contributed by atoms with Gasteiger partial charge in [-0.25, -0.2) is 4.79 Å². The van der Waals surface area contributed by atoms with Crippen molar-refractivity contribution in [2.75, 3.05) is 0 Å². The third kappa shape index (κ3) is 2.85. The Kier molecular flexibility index (Phi) is 4.11. The second-order valence-corrected chi connectivity index (χ2v) is 9.36. The minimum absolute atomic E-state index is 0.180. The Bertz CT molecular complexity index is 732. The molecule has 1 amide bonds. The van der Waals surface area contributed by atoms with Crippen LogP contribution in [0.5, 0.6) is 0 Å². The number of carbonyl (C=O) groups is 1. The Morgan fingerprint density at radius 3 is 2.59 bits per heavy atom. The lowest BCUT2D eigenvalue weighted by Crippen LogP contribution is -2.61. The zero-order chi connectivity index (χ0) is 19.6. The third-order valence-corrected chi connectivity index (χ3v) is 6.03. The van der Waals surface area contributed by atoms with Gasteiger partial charge >= 0.3 is 6.09 Å². The molecule has 0 saturated carbocycles. The van der Waals surface area contributed by atoms with Crippen molar-refractivity contribution in [3.8, 4) is 0 Å². The van der Waals surface area contributed by atoms with Crippen molar-refractivity contribution in [3.05, 3.63) is 35.9 Å². The summed E-state index contributed by atoms with van der Waals surface area (Å²) in [4.78, 5) is 14.6. The summed E-state index contributed by atoms with van der Waals surface area (Å²) in [7, 11) is 0. The van der Waals surface area contributed by atoms with E-state index in [9.17, 15) is 9.90 Å². The molecule has 4 heterocycles. The lowest BCUT2D eigenvalue weighted by atomic mass is 9.86. The standard InChI is InChI=1S/C21H29NO5/c1-19(2,3)26-18(24)22-14-11-20(4)16(23)15(22)21(5,27-20)17(14)25-12-13-9-7-6-8-10-13/h6-10,14-17,23H,11-12H2,1-5H3/t14-,15+,16+,17-,20-,21-/m1/s1.